The Kier molecular flexibility index (Phi) is 10.5. The number of carboxylic acid groups (broad SMARTS) is 1. The van der Waals surface area contributed by atoms with Crippen molar-refractivity contribution in [2.75, 3.05) is 61.1 Å². The average Bonchev–Trinajstić information content (AvgIpc) is 3.71. The molecule has 4 heterocycles. The van der Waals surface area contributed by atoms with Crippen molar-refractivity contribution < 1.29 is 24.2 Å². The third-order valence-corrected chi connectivity index (χ3v) is 11.4. The van der Waals surface area contributed by atoms with Crippen molar-refractivity contribution in [3.05, 3.63) is 66.5 Å². The summed E-state index contributed by atoms with van der Waals surface area (Å²) in [5.41, 5.74) is 4.53. The number of fused-ring (bicyclic) bond motifs is 1. The Hall–Kier alpha value is -4.46. The van der Waals surface area contributed by atoms with Crippen LogP contribution in [0.25, 0.3) is 22.3 Å². The van der Waals surface area contributed by atoms with Gasteiger partial charge in [0.05, 0.1) is 35.8 Å². The van der Waals surface area contributed by atoms with Crippen LogP contribution in [0.4, 0.5) is 22.0 Å². The number of carbonyl (C=O) groups excluding carboxylic acids is 1. The molecular formula is C37H49N7O5Si. The lowest BCUT2D eigenvalue weighted by Gasteiger charge is -2.28. The minimum Gasteiger partial charge on any atom is -0.465 e. The standard InChI is InChI=1S/C37H49N7O5Si/c1-37(2,27-7-6-8-30(21-27)43-14-13-29(23-43)41-36(46)47)35(45)40-28-11-9-26(10-12-28)32-22-31-33(42-15-17-48-18-16-42)38-24-39-34(31)44(32)25-49-19-20-50(3,4)5/h6-12,21-22,24,29,41H,13-20,23,25H2,1-5H3,(H,40,45)(H,46,47). The topological polar surface area (TPSA) is 134 Å². The number of hydrogen-bond donors (Lipinski definition) is 3. The minimum atomic E-state index is -1.25. The summed E-state index contributed by atoms with van der Waals surface area (Å²) in [5.74, 6) is 0.779. The zero-order chi connectivity index (χ0) is 35.5. The summed E-state index contributed by atoms with van der Waals surface area (Å²) >= 11 is 0. The Morgan fingerprint density at radius 2 is 1.78 bits per heavy atom. The van der Waals surface area contributed by atoms with Gasteiger partial charge in [0, 0.05) is 52.2 Å². The second-order valence-corrected chi connectivity index (χ2v) is 20.5. The summed E-state index contributed by atoms with van der Waals surface area (Å²) in [6, 6.07) is 19.0. The molecule has 1 unspecified atom stereocenters. The van der Waals surface area contributed by atoms with Crippen LogP contribution >= 0.6 is 0 Å². The van der Waals surface area contributed by atoms with Crippen molar-refractivity contribution in [3.8, 4) is 11.3 Å². The molecule has 3 N–H and O–H groups in total. The lowest BCUT2D eigenvalue weighted by Crippen LogP contribution is -2.36. The van der Waals surface area contributed by atoms with Crippen molar-refractivity contribution in [1.82, 2.24) is 19.9 Å². The van der Waals surface area contributed by atoms with Crippen LogP contribution in [0.1, 0.15) is 25.8 Å². The van der Waals surface area contributed by atoms with E-state index in [0.717, 1.165) is 71.5 Å². The quantitative estimate of drug-likeness (QED) is 0.120. The van der Waals surface area contributed by atoms with Crippen LogP contribution in [0.2, 0.25) is 25.7 Å². The molecule has 0 radical (unpaired) electrons. The number of aromatic nitrogens is 3. The molecule has 2 fully saturated rings. The van der Waals surface area contributed by atoms with E-state index in [4.69, 9.17) is 19.6 Å². The molecule has 12 nitrogen and oxygen atoms in total. The van der Waals surface area contributed by atoms with Crippen LogP contribution in [0.3, 0.4) is 0 Å². The van der Waals surface area contributed by atoms with Gasteiger partial charge in [-0.05, 0) is 67.8 Å². The van der Waals surface area contributed by atoms with Crippen LogP contribution in [0.15, 0.2) is 60.9 Å². The number of benzene rings is 2. The third kappa shape index (κ3) is 8.11. The molecule has 2 aliphatic rings. The molecule has 2 amide bonds. The second kappa shape index (κ2) is 14.8. The average molecular weight is 700 g/mol. The monoisotopic (exact) mass is 699 g/mol. The van der Waals surface area contributed by atoms with E-state index in [1.54, 1.807) is 6.33 Å². The summed E-state index contributed by atoms with van der Waals surface area (Å²) < 4.78 is 14.0. The highest BCUT2D eigenvalue weighted by Crippen LogP contribution is 2.34. The SMILES string of the molecule is CC(C)(C(=O)Nc1ccc(-c2cc3c(N4CCOCC4)ncnc3n2COCC[Si](C)(C)C)cc1)c1cccc(N2CCC(NC(=O)O)C2)c1. The first kappa shape index (κ1) is 35.4. The van der Waals surface area contributed by atoms with Crippen molar-refractivity contribution in [2.45, 2.75) is 64.1 Å². The van der Waals surface area contributed by atoms with Gasteiger partial charge in [-0.15, -0.1) is 0 Å². The van der Waals surface area contributed by atoms with E-state index in [1.807, 2.05) is 62.4 Å². The van der Waals surface area contributed by atoms with Crippen LogP contribution in [-0.2, 0) is 26.4 Å². The Morgan fingerprint density at radius 3 is 2.50 bits per heavy atom. The molecule has 266 valence electrons. The highest BCUT2D eigenvalue weighted by molar-refractivity contribution is 6.76. The molecule has 0 aliphatic carbocycles. The Morgan fingerprint density at radius 1 is 1.02 bits per heavy atom. The number of hydrogen-bond acceptors (Lipinski definition) is 8. The highest BCUT2D eigenvalue weighted by Gasteiger charge is 2.32. The number of nitrogens with zero attached hydrogens (tertiary/aromatic N) is 5. The maximum absolute atomic E-state index is 13.7. The molecule has 0 spiro atoms. The number of ether oxygens (including phenoxy) is 2. The maximum Gasteiger partial charge on any atom is 0.404 e. The van der Waals surface area contributed by atoms with E-state index in [1.165, 1.54) is 0 Å². The second-order valence-electron chi connectivity index (χ2n) is 14.9. The third-order valence-electron chi connectivity index (χ3n) is 9.65. The summed E-state index contributed by atoms with van der Waals surface area (Å²) in [6.07, 6.45) is 1.36. The molecule has 50 heavy (non-hydrogen) atoms. The molecular weight excluding hydrogens is 651 g/mol. The molecule has 1 atom stereocenters. The van der Waals surface area contributed by atoms with E-state index in [2.05, 4.69) is 55.7 Å². The van der Waals surface area contributed by atoms with Crippen LogP contribution in [-0.4, -0.2) is 91.8 Å². The fourth-order valence-electron chi connectivity index (χ4n) is 6.50. The Balaban J connectivity index is 1.20. The lowest BCUT2D eigenvalue weighted by atomic mass is 9.83. The van der Waals surface area contributed by atoms with Gasteiger partial charge in [-0.2, -0.15) is 0 Å². The van der Waals surface area contributed by atoms with Gasteiger partial charge < -0.3 is 39.6 Å². The fraction of sp³-hybridized carbons (Fsp3) is 0.459. The van der Waals surface area contributed by atoms with Gasteiger partial charge in [0.2, 0.25) is 5.91 Å². The largest absolute Gasteiger partial charge is 0.465 e. The molecule has 2 saturated heterocycles. The number of rotatable bonds is 12. The Labute approximate surface area is 294 Å². The zero-order valence-corrected chi connectivity index (χ0v) is 30.7. The number of morpholine rings is 1. The first-order chi connectivity index (χ1) is 23.9. The summed E-state index contributed by atoms with van der Waals surface area (Å²) in [7, 11) is -1.25. The first-order valence-electron chi connectivity index (χ1n) is 17.4. The molecule has 0 saturated carbocycles. The van der Waals surface area contributed by atoms with Crippen LogP contribution < -0.4 is 20.4 Å². The molecule has 2 aliphatic heterocycles. The van der Waals surface area contributed by atoms with Crippen LogP contribution in [0.5, 0.6) is 0 Å². The van der Waals surface area contributed by atoms with Gasteiger partial charge in [0.1, 0.15) is 24.5 Å². The van der Waals surface area contributed by atoms with E-state index in [9.17, 15) is 9.59 Å². The van der Waals surface area contributed by atoms with Gasteiger partial charge in [-0.3, -0.25) is 4.79 Å². The van der Waals surface area contributed by atoms with E-state index in [0.29, 0.717) is 38.8 Å². The molecule has 4 aromatic rings. The van der Waals surface area contributed by atoms with Crippen LogP contribution in [0, 0.1) is 0 Å². The highest BCUT2D eigenvalue weighted by atomic mass is 28.3. The van der Waals surface area contributed by atoms with Gasteiger partial charge in [0.25, 0.3) is 0 Å². The van der Waals surface area contributed by atoms with Gasteiger partial charge in [-0.1, -0.05) is 43.9 Å². The number of carbonyl (C=O) groups is 2. The molecule has 2 aromatic carbocycles. The lowest BCUT2D eigenvalue weighted by molar-refractivity contribution is -0.120. The first-order valence-corrected chi connectivity index (χ1v) is 21.1. The number of anilines is 3. The van der Waals surface area contributed by atoms with E-state index < -0.39 is 19.6 Å². The number of nitrogens with one attached hydrogen (secondary N) is 2. The van der Waals surface area contributed by atoms with E-state index in [-0.39, 0.29) is 11.9 Å². The smallest absolute Gasteiger partial charge is 0.404 e. The predicted octanol–water partition coefficient (Wildman–Crippen LogP) is 6.01. The summed E-state index contributed by atoms with van der Waals surface area (Å²) in [5, 5.41) is 15.8. The normalized spacial score (nSPS) is 16.9. The van der Waals surface area contributed by atoms with Crippen molar-refractivity contribution in [3.63, 3.8) is 0 Å². The molecule has 13 heteroatoms. The number of amides is 2. The molecule has 6 rings (SSSR count). The minimum absolute atomic E-state index is 0.112. The van der Waals surface area contributed by atoms with Crippen molar-refractivity contribution >= 4 is 48.3 Å². The van der Waals surface area contributed by atoms with Gasteiger partial charge in [0.15, 0.2) is 0 Å². The van der Waals surface area contributed by atoms with Crippen molar-refractivity contribution in [1.29, 1.82) is 0 Å². The fourth-order valence-corrected chi connectivity index (χ4v) is 7.26. The van der Waals surface area contributed by atoms with E-state index >= 15 is 0 Å². The van der Waals surface area contributed by atoms with Gasteiger partial charge in [-0.25, -0.2) is 14.8 Å². The zero-order valence-electron chi connectivity index (χ0n) is 29.7. The Bertz CT molecular complexity index is 1820. The van der Waals surface area contributed by atoms with Gasteiger partial charge >= 0.3 is 6.09 Å². The molecule has 2 aromatic heterocycles. The summed E-state index contributed by atoms with van der Waals surface area (Å²) in [4.78, 5) is 38.6. The van der Waals surface area contributed by atoms with Crippen molar-refractivity contribution in [2.24, 2.45) is 0 Å². The predicted molar refractivity (Wildman–Crippen MR) is 200 cm³/mol. The summed E-state index contributed by atoms with van der Waals surface area (Å²) in [6.45, 7) is 16.2. The molecule has 0 bridgehead atoms. The maximum atomic E-state index is 13.7.